The van der Waals surface area contributed by atoms with Crippen molar-refractivity contribution in [3.05, 3.63) is 59.1 Å². The van der Waals surface area contributed by atoms with E-state index < -0.39 is 0 Å². The SMILES string of the molecule is CCC(=O)Nc1cccc(NC(=O)C(c2ccc(Cl)cc2)C(C)C)c1. The molecule has 0 saturated heterocycles. The van der Waals surface area contributed by atoms with Gasteiger partial charge in [0.1, 0.15) is 0 Å². The van der Waals surface area contributed by atoms with Crippen LogP contribution in [0.1, 0.15) is 38.7 Å². The van der Waals surface area contributed by atoms with Gasteiger partial charge in [0.05, 0.1) is 5.92 Å². The molecule has 0 aliphatic heterocycles. The van der Waals surface area contributed by atoms with Crippen molar-refractivity contribution in [2.24, 2.45) is 5.92 Å². The third-order valence-corrected chi connectivity index (χ3v) is 4.17. The normalized spacial score (nSPS) is 11.9. The molecule has 0 bridgehead atoms. The fourth-order valence-electron chi connectivity index (χ4n) is 2.65. The van der Waals surface area contributed by atoms with Crippen molar-refractivity contribution < 1.29 is 9.59 Å². The molecular formula is C20H23ClN2O2. The van der Waals surface area contributed by atoms with Crippen LogP contribution in [-0.4, -0.2) is 11.8 Å². The zero-order valence-electron chi connectivity index (χ0n) is 14.7. The van der Waals surface area contributed by atoms with E-state index in [0.717, 1.165) is 5.56 Å². The molecular weight excluding hydrogens is 336 g/mol. The molecule has 1 atom stereocenters. The van der Waals surface area contributed by atoms with Crippen molar-refractivity contribution in [3.63, 3.8) is 0 Å². The summed E-state index contributed by atoms with van der Waals surface area (Å²) < 4.78 is 0. The number of anilines is 2. The number of hydrogen-bond donors (Lipinski definition) is 2. The summed E-state index contributed by atoms with van der Waals surface area (Å²) in [6.45, 7) is 5.81. The van der Waals surface area contributed by atoms with E-state index in [0.29, 0.717) is 22.8 Å². The first-order chi connectivity index (χ1) is 11.9. The Morgan fingerprint density at radius 3 is 2.16 bits per heavy atom. The summed E-state index contributed by atoms with van der Waals surface area (Å²) in [5, 5.41) is 6.38. The minimum Gasteiger partial charge on any atom is -0.326 e. The maximum atomic E-state index is 12.8. The number of rotatable bonds is 6. The van der Waals surface area contributed by atoms with Gasteiger partial charge in [0.2, 0.25) is 11.8 Å². The van der Waals surface area contributed by atoms with Gasteiger partial charge < -0.3 is 10.6 Å². The van der Waals surface area contributed by atoms with Gasteiger partial charge in [-0.3, -0.25) is 9.59 Å². The Labute approximate surface area is 153 Å². The molecule has 25 heavy (non-hydrogen) atoms. The van der Waals surface area contributed by atoms with Crippen LogP contribution >= 0.6 is 11.6 Å². The van der Waals surface area contributed by atoms with Crippen LogP contribution in [0.2, 0.25) is 5.02 Å². The van der Waals surface area contributed by atoms with Crippen LogP contribution in [0.3, 0.4) is 0 Å². The Hall–Kier alpha value is -2.33. The summed E-state index contributed by atoms with van der Waals surface area (Å²) in [5.74, 6) is -0.309. The summed E-state index contributed by atoms with van der Waals surface area (Å²) in [5.41, 5.74) is 2.24. The maximum absolute atomic E-state index is 12.8. The van der Waals surface area contributed by atoms with Crippen LogP contribution in [0.15, 0.2) is 48.5 Å². The Balaban J connectivity index is 2.17. The van der Waals surface area contributed by atoms with Crippen LogP contribution in [0.25, 0.3) is 0 Å². The maximum Gasteiger partial charge on any atom is 0.232 e. The fraction of sp³-hybridized carbons (Fsp3) is 0.300. The van der Waals surface area contributed by atoms with E-state index in [2.05, 4.69) is 10.6 Å². The molecule has 2 rings (SSSR count). The van der Waals surface area contributed by atoms with E-state index >= 15 is 0 Å². The van der Waals surface area contributed by atoms with Crippen LogP contribution in [-0.2, 0) is 9.59 Å². The van der Waals surface area contributed by atoms with E-state index in [1.165, 1.54) is 0 Å². The van der Waals surface area contributed by atoms with E-state index in [9.17, 15) is 9.59 Å². The lowest BCUT2D eigenvalue weighted by Gasteiger charge is -2.21. The predicted octanol–water partition coefficient (Wildman–Crippen LogP) is 5.07. The van der Waals surface area contributed by atoms with Crippen molar-refractivity contribution in [3.8, 4) is 0 Å². The number of carbonyl (C=O) groups is 2. The van der Waals surface area contributed by atoms with Crippen molar-refractivity contribution in [1.82, 2.24) is 0 Å². The van der Waals surface area contributed by atoms with Gasteiger partial charge >= 0.3 is 0 Å². The Bertz CT molecular complexity index is 742. The van der Waals surface area contributed by atoms with Gasteiger partial charge in [0.25, 0.3) is 0 Å². The molecule has 0 aromatic heterocycles. The molecule has 2 amide bonds. The van der Waals surface area contributed by atoms with Gasteiger partial charge in [-0.1, -0.05) is 50.6 Å². The van der Waals surface area contributed by atoms with E-state index in [4.69, 9.17) is 11.6 Å². The zero-order valence-corrected chi connectivity index (χ0v) is 15.4. The Morgan fingerprint density at radius 2 is 1.60 bits per heavy atom. The summed E-state index contributed by atoms with van der Waals surface area (Å²) in [6.07, 6.45) is 0.405. The lowest BCUT2D eigenvalue weighted by Crippen LogP contribution is -2.25. The Morgan fingerprint density at radius 1 is 1.00 bits per heavy atom. The molecule has 0 heterocycles. The number of hydrogen-bond acceptors (Lipinski definition) is 2. The lowest BCUT2D eigenvalue weighted by molar-refractivity contribution is -0.118. The third-order valence-electron chi connectivity index (χ3n) is 3.91. The average molecular weight is 359 g/mol. The molecule has 1 unspecified atom stereocenters. The fourth-order valence-corrected chi connectivity index (χ4v) is 2.78. The number of benzene rings is 2. The highest BCUT2D eigenvalue weighted by Crippen LogP contribution is 2.28. The zero-order chi connectivity index (χ0) is 18.4. The molecule has 0 aliphatic carbocycles. The van der Waals surface area contributed by atoms with Gasteiger partial charge in [0, 0.05) is 22.8 Å². The van der Waals surface area contributed by atoms with Gasteiger partial charge in [-0.2, -0.15) is 0 Å². The highest BCUT2D eigenvalue weighted by atomic mass is 35.5. The minimum absolute atomic E-state index is 0.0651. The highest BCUT2D eigenvalue weighted by molar-refractivity contribution is 6.30. The number of nitrogens with one attached hydrogen (secondary N) is 2. The minimum atomic E-state index is -0.286. The van der Waals surface area contributed by atoms with Gasteiger partial charge in [-0.25, -0.2) is 0 Å². The monoisotopic (exact) mass is 358 g/mol. The van der Waals surface area contributed by atoms with E-state index in [-0.39, 0.29) is 23.7 Å². The first-order valence-corrected chi connectivity index (χ1v) is 8.74. The molecule has 2 aromatic rings. The molecule has 0 radical (unpaired) electrons. The first-order valence-electron chi connectivity index (χ1n) is 8.37. The van der Waals surface area contributed by atoms with Gasteiger partial charge in [-0.15, -0.1) is 0 Å². The molecule has 2 N–H and O–H groups in total. The van der Waals surface area contributed by atoms with Gasteiger partial charge in [0.15, 0.2) is 0 Å². The van der Waals surface area contributed by atoms with Crippen LogP contribution in [0.4, 0.5) is 11.4 Å². The summed E-state index contributed by atoms with van der Waals surface area (Å²) in [7, 11) is 0. The predicted molar refractivity (Wildman–Crippen MR) is 103 cm³/mol. The summed E-state index contributed by atoms with van der Waals surface area (Å²) >= 11 is 5.94. The number of carbonyl (C=O) groups excluding carboxylic acids is 2. The second kappa shape index (κ2) is 8.67. The van der Waals surface area contributed by atoms with Crippen molar-refractivity contribution in [1.29, 1.82) is 0 Å². The van der Waals surface area contributed by atoms with Gasteiger partial charge in [-0.05, 0) is 41.8 Å². The third kappa shape index (κ3) is 5.33. The molecule has 4 nitrogen and oxygen atoms in total. The topological polar surface area (TPSA) is 58.2 Å². The Kier molecular flexibility index (Phi) is 6.59. The van der Waals surface area contributed by atoms with Crippen LogP contribution < -0.4 is 10.6 Å². The molecule has 0 saturated carbocycles. The van der Waals surface area contributed by atoms with Crippen LogP contribution in [0, 0.1) is 5.92 Å². The molecule has 0 fully saturated rings. The summed E-state index contributed by atoms with van der Waals surface area (Å²) in [4.78, 5) is 24.3. The quantitative estimate of drug-likeness (QED) is 0.757. The highest BCUT2D eigenvalue weighted by Gasteiger charge is 2.24. The largest absolute Gasteiger partial charge is 0.326 e. The van der Waals surface area contributed by atoms with Crippen molar-refractivity contribution in [2.45, 2.75) is 33.1 Å². The summed E-state index contributed by atoms with van der Waals surface area (Å²) in [6, 6.07) is 14.5. The number of halogens is 1. The number of amides is 2. The molecule has 132 valence electrons. The average Bonchev–Trinajstić information content (AvgIpc) is 2.56. The van der Waals surface area contributed by atoms with Crippen molar-refractivity contribution >= 4 is 34.8 Å². The standard InChI is InChI=1S/C20H23ClN2O2/c1-4-18(24)22-16-6-5-7-17(12-16)23-20(25)19(13(2)3)14-8-10-15(21)11-9-14/h5-13,19H,4H2,1-3H3,(H,22,24)(H,23,25). The molecule has 0 aliphatic rings. The second-order valence-electron chi connectivity index (χ2n) is 6.25. The second-order valence-corrected chi connectivity index (χ2v) is 6.68. The van der Waals surface area contributed by atoms with E-state index in [1.807, 2.05) is 26.0 Å². The van der Waals surface area contributed by atoms with E-state index in [1.54, 1.807) is 43.3 Å². The smallest absolute Gasteiger partial charge is 0.232 e. The first kappa shape index (κ1) is 19.0. The molecule has 5 heteroatoms. The van der Waals surface area contributed by atoms with Crippen LogP contribution in [0.5, 0.6) is 0 Å². The lowest BCUT2D eigenvalue weighted by atomic mass is 9.87. The van der Waals surface area contributed by atoms with Crippen molar-refractivity contribution in [2.75, 3.05) is 10.6 Å². The molecule has 2 aromatic carbocycles. The molecule has 0 spiro atoms.